The van der Waals surface area contributed by atoms with Crippen LogP contribution in [0.1, 0.15) is 19.8 Å². The summed E-state index contributed by atoms with van der Waals surface area (Å²) >= 11 is 0. The maximum absolute atomic E-state index is 4.63. The molecule has 0 bridgehead atoms. The summed E-state index contributed by atoms with van der Waals surface area (Å²) in [6.07, 6.45) is 12.1. The summed E-state index contributed by atoms with van der Waals surface area (Å²) in [5, 5.41) is 0. The molecule has 5 heteroatoms. The second-order valence-electron chi connectivity index (χ2n) is 7.12. The van der Waals surface area contributed by atoms with Crippen LogP contribution in [0.4, 0.5) is 5.82 Å². The predicted octanol–water partition coefficient (Wildman–Crippen LogP) is 4.45. The Morgan fingerprint density at radius 2 is 1.93 bits per heavy atom. The van der Waals surface area contributed by atoms with Crippen LogP contribution in [0.25, 0.3) is 28.0 Å². The van der Waals surface area contributed by atoms with Gasteiger partial charge in [0.05, 0.1) is 11.9 Å². The zero-order valence-electron chi connectivity index (χ0n) is 15.3. The largest absolute Gasteiger partial charge is 0.354 e. The van der Waals surface area contributed by atoms with Crippen molar-refractivity contribution in [3.05, 3.63) is 67.4 Å². The molecule has 1 atom stereocenters. The number of anilines is 1. The van der Waals surface area contributed by atoms with E-state index in [0.29, 0.717) is 6.04 Å². The average molecular weight is 355 g/mol. The maximum atomic E-state index is 4.63. The van der Waals surface area contributed by atoms with Crippen molar-refractivity contribution in [1.82, 2.24) is 19.4 Å². The predicted molar refractivity (Wildman–Crippen MR) is 108 cm³/mol. The monoisotopic (exact) mass is 355 g/mol. The first-order chi connectivity index (χ1) is 13.3. The van der Waals surface area contributed by atoms with Gasteiger partial charge < -0.3 is 4.90 Å². The fourth-order valence-corrected chi connectivity index (χ4v) is 3.92. The Morgan fingerprint density at radius 3 is 2.74 bits per heavy atom. The lowest BCUT2D eigenvalue weighted by Crippen LogP contribution is -2.27. The summed E-state index contributed by atoms with van der Waals surface area (Å²) in [4.78, 5) is 15.8. The van der Waals surface area contributed by atoms with Crippen LogP contribution < -0.4 is 4.90 Å². The molecule has 0 aliphatic carbocycles. The Kier molecular flexibility index (Phi) is 3.85. The Hall–Kier alpha value is -3.21. The van der Waals surface area contributed by atoms with Gasteiger partial charge in [-0.15, -0.1) is 0 Å². The molecule has 0 radical (unpaired) electrons. The molecule has 134 valence electrons. The first-order valence-electron chi connectivity index (χ1n) is 9.40. The molecule has 0 aromatic carbocycles. The molecule has 1 saturated heterocycles. The minimum absolute atomic E-state index is 0.553. The van der Waals surface area contributed by atoms with Crippen molar-refractivity contribution in [2.45, 2.75) is 25.8 Å². The first kappa shape index (κ1) is 16.0. The molecule has 1 aliphatic rings. The van der Waals surface area contributed by atoms with E-state index < -0.39 is 0 Å². The van der Waals surface area contributed by atoms with E-state index in [2.05, 4.69) is 67.7 Å². The van der Waals surface area contributed by atoms with E-state index in [-0.39, 0.29) is 0 Å². The average Bonchev–Trinajstić information content (AvgIpc) is 3.34. The van der Waals surface area contributed by atoms with Gasteiger partial charge in [-0.3, -0.25) is 9.38 Å². The van der Waals surface area contributed by atoms with E-state index in [1.54, 1.807) is 6.20 Å². The Bertz CT molecular complexity index is 1090. The van der Waals surface area contributed by atoms with Crippen LogP contribution in [0.5, 0.6) is 0 Å². The zero-order valence-corrected chi connectivity index (χ0v) is 15.3. The summed E-state index contributed by atoms with van der Waals surface area (Å²) in [5.41, 5.74) is 5.37. The number of hydrogen-bond donors (Lipinski definition) is 0. The van der Waals surface area contributed by atoms with Crippen molar-refractivity contribution >= 4 is 11.5 Å². The van der Waals surface area contributed by atoms with Gasteiger partial charge in [-0.1, -0.05) is 6.07 Å². The van der Waals surface area contributed by atoms with Crippen LogP contribution in [0.3, 0.4) is 0 Å². The molecule has 0 saturated carbocycles. The molecule has 4 aromatic heterocycles. The lowest BCUT2D eigenvalue weighted by molar-refractivity contribution is 0.727. The number of aromatic nitrogens is 4. The molecule has 0 amide bonds. The van der Waals surface area contributed by atoms with E-state index in [9.17, 15) is 0 Å². The highest BCUT2D eigenvalue weighted by atomic mass is 15.2. The van der Waals surface area contributed by atoms with E-state index in [4.69, 9.17) is 0 Å². The number of hydrogen-bond acceptors (Lipinski definition) is 4. The third kappa shape index (κ3) is 2.85. The minimum Gasteiger partial charge on any atom is -0.354 e. The molecule has 27 heavy (non-hydrogen) atoms. The van der Waals surface area contributed by atoms with Crippen LogP contribution >= 0.6 is 0 Å². The van der Waals surface area contributed by atoms with Gasteiger partial charge >= 0.3 is 0 Å². The Balaban J connectivity index is 1.54. The molecule has 5 nitrogen and oxygen atoms in total. The Labute approximate surface area is 158 Å². The quantitative estimate of drug-likeness (QED) is 0.545. The lowest BCUT2D eigenvalue weighted by atomic mass is 10.1. The van der Waals surface area contributed by atoms with Crippen molar-refractivity contribution in [1.29, 1.82) is 0 Å². The molecule has 4 aromatic rings. The van der Waals surface area contributed by atoms with Gasteiger partial charge in [0.1, 0.15) is 11.5 Å². The van der Waals surface area contributed by atoms with Crippen LogP contribution in [0, 0.1) is 0 Å². The lowest BCUT2D eigenvalue weighted by Gasteiger charge is -2.22. The first-order valence-corrected chi connectivity index (χ1v) is 9.40. The summed E-state index contributed by atoms with van der Waals surface area (Å²) in [7, 11) is 0. The van der Waals surface area contributed by atoms with Gasteiger partial charge in [0.2, 0.25) is 0 Å². The van der Waals surface area contributed by atoms with Gasteiger partial charge in [-0.05, 0) is 55.7 Å². The molecule has 0 N–H and O–H groups in total. The van der Waals surface area contributed by atoms with Gasteiger partial charge in [-0.2, -0.15) is 0 Å². The third-order valence-electron chi connectivity index (χ3n) is 5.40. The van der Waals surface area contributed by atoms with E-state index in [1.807, 2.05) is 24.7 Å². The van der Waals surface area contributed by atoms with Crippen LogP contribution in [0.15, 0.2) is 67.4 Å². The molecule has 1 fully saturated rings. The third-order valence-corrected chi connectivity index (χ3v) is 5.40. The maximum Gasteiger partial charge on any atom is 0.137 e. The van der Waals surface area contributed by atoms with Crippen LogP contribution in [0.2, 0.25) is 0 Å². The number of fused-ring (bicyclic) bond motifs is 1. The van der Waals surface area contributed by atoms with E-state index in [0.717, 1.165) is 40.4 Å². The molecule has 5 rings (SSSR count). The number of rotatable bonds is 3. The highest BCUT2D eigenvalue weighted by Crippen LogP contribution is 2.29. The summed E-state index contributed by atoms with van der Waals surface area (Å²) in [5.74, 6) is 1.06. The fraction of sp³-hybridized carbons (Fsp3) is 0.227. The smallest absolute Gasteiger partial charge is 0.137 e. The molecule has 1 aliphatic heterocycles. The second-order valence-corrected chi connectivity index (χ2v) is 7.12. The fourth-order valence-electron chi connectivity index (χ4n) is 3.92. The molecule has 0 spiro atoms. The molecular formula is C22H21N5. The standard InChI is InChI=1S/C22H21N5/c1-16-4-3-10-26(16)21-13-18(6-9-24-21)20-15-25-22-12-17(7-11-27(20)22)19-5-2-8-23-14-19/h2,5-9,11-16H,3-4,10H2,1H3. The summed E-state index contributed by atoms with van der Waals surface area (Å²) < 4.78 is 2.13. The number of nitrogens with zero attached hydrogens (tertiary/aromatic N) is 5. The SMILES string of the molecule is CC1CCCN1c1cc(-c2cnc3cc(-c4cccnc4)ccn23)ccn1. The van der Waals surface area contributed by atoms with Crippen molar-refractivity contribution in [2.75, 3.05) is 11.4 Å². The molecule has 1 unspecified atom stereocenters. The number of imidazole rings is 1. The van der Waals surface area contributed by atoms with Crippen molar-refractivity contribution in [2.24, 2.45) is 0 Å². The van der Waals surface area contributed by atoms with Crippen LogP contribution in [-0.4, -0.2) is 31.9 Å². The van der Waals surface area contributed by atoms with Crippen molar-refractivity contribution < 1.29 is 0 Å². The highest BCUT2D eigenvalue weighted by molar-refractivity contribution is 5.71. The molecular weight excluding hydrogens is 334 g/mol. The minimum atomic E-state index is 0.553. The summed E-state index contributed by atoms with van der Waals surface area (Å²) in [6, 6.07) is 13.0. The normalized spacial score (nSPS) is 16.9. The van der Waals surface area contributed by atoms with E-state index >= 15 is 0 Å². The van der Waals surface area contributed by atoms with Crippen LogP contribution in [-0.2, 0) is 0 Å². The Morgan fingerprint density at radius 1 is 0.963 bits per heavy atom. The van der Waals surface area contributed by atoms with Gasteiger partial charge in [0.25, 0.3) is 0 Å². The topological polar surface area (TPSA) is 46.3 Å². The van der Waals surface area contributed by atoms with Crippen molar-refractivity contribution in [3.8, 4) is 22.4 Å². The van der Waals surface area contributed by atoms with Gasteiger partial charge in [0.15, 0.2) is 0 Å². The highest BCUT2D eigenvalue weighted by Gasteiger charge is 2.22. The van der Waals surface area contributed by atoms with Gasteiger partial charge in [0, 0.05) is 48.5 Å². The number of pyridine rings is 3. The zero-order chi connectivity index (χ0) is 18.2. The molecule has 5 heterocycles. The second kappa shape index (κ2) is 6.50. The summed E-state index contributed by atoms with van der Waals surface area (Å²) in [6.45, 7) is 3.36. The van der Waals surface area contributed by atoms with E-state index in [1.165, 1.54) is 12.8 Å². The van der Waals surface area contributed by atoms with Gasteiger partial charge in [-0.25, -0.2) is 9.97 Å². The van der Waals surface area contributed by atoms with Crippen molar-refractivity contribution in [3.63, 3.8) is 0 Å².